The van der Waals surface area contributed by atoms with Crippen molar-refractivity contribution in [3.63, 3.8) is 0 Å². The largest absolute Gasteiger partial charge is 0.465 e. The van der Waals surface area contributed by atoms with E-state index in [-0.39, 0.29) is 6.04 Å². The molecule has 0 spiro atoms. The molecule has 0 saturated carbocycles. The highest BCUT2D eigenvalue weighted by Crippen LogP contribution is 2.31. The number of aryl methyl sites for hydroxylation is 1. The molecule has 3 heterocycles. The first-order chi connectivity index (χ1) is 9.90. The lowest BCUT2D eigenvalue weighted by molar-refractivity contribution is 0.0164. The third-order valence-corrected chi connectivity index (χ3v) is 4.99. The summed E-state index contributed by atoms with van der Waals surface area (Å²) in [5.74, 6) is 2.57. The van der Waals surface area contributed by atoms with Gasteiger partial charge in [-0.15, -0.1) is 0 Å². The maximum absolute atomic E-state index is 11.5. The quantitative estimate of drug-likeness (QED) is 0.880. The van der Waals surface area contributed by atoms with Crippen LogP contribution in [-0.4, -0.2) is 51.9 Å². The lowest BCUT2D eigenvalue weighted by Crippen LogP contribution is -2.49. The zero-order valence-corrected chi connectivity index (χ0v) is 13.2. The van der Waals surface area contributed by atoms with Crippen LogP contribution in [0.4, 0.5) is 0 Å². The summed E-state index contributed by atoms with van der Waals surface area (Å²) in [6.07, 6.45) is 1.20. The van der Waals surface area contributed by atoms with Crippen LogP contribution in [0, 0.1) is 18.8 Å². The van der Waals surface area contributed by atoms with E-state index in [2.05, 4.69) is 9.62 Å². The second kappa shape index (κ2) is 5.72. The van der Waals surface area contributed by atoms with Gasteiger partial charge in [-0.3, -0.25) is 4.90 Å². The van der Waals surface area contributed by atoms with Gasteiger partial charge in [-0.05, 0) is 25.0 Å². The number of hydrogen-bond donors (Lipinski definition) is 1. The van der Waals surface area contributed by atoms with Crippen molar-refractivity contribution < 1.29 is 17.6 Å². The zero-order valence-electron chi connectivity index (χ0n) is 12.4. The normalized spacial score (nSPS) is 30.5. The fourth-order valence-corrected chi connectivity index (χ4v) is 4.20. The van der Waals surface area contributed by atoms with E-state index in [0.29, 0.717) is 25.0 Å². The van der Waals surface area contributed by atoms with E-state index in [1.54, 1.807) is 0 Å². The predicted molar refractivity (Wildman–Crippen MR) is 78.3 cm³/mol. The molecule has 2 aliphatic heterocycles. The molecule has 21 heavy (non-hydrogen) atoms. The third-order valence-electron chi connectivity index (χ3n) is 4.25. The number of furan rings is 1. The Kier molecular flexibility index (Phi) is 4.09. The Morgan fingerprint density at radius 2 is 2.14 bits per heavy atom. The Balaban J connectivity index is 1.65. The summed E-state index contributed by atoms with van der Waals surface area (Å²) in [4.78, 5) is 2.32. The van der Waals surface area contributed by atoms with Gasteiger partial charge in [0.1, 0.15) is 11.5 Å². The van der Waals surface area contributed by atoms with Crippen LogP contribution < -0.4 is 4.72 Å². The number of nitrogens with one attached hydrogen (secondary N) is 1. The molecule has 0 amide bonds. The monoisotopic (exact) mass is 314 g/mol. The van der Waals surface area contributed by atoms with E-state index in [0.717, 1.165) is 31.2 Å². The highest BCUT2D eigenvalue weighted by Gasteiger charge is 2.41. The molecule has 0 bridgehead atoms. The SMILES string of the molecule is Cc1ccc(CN2C[C@@H]3COC[C@@H](NS(C)(=O)=O)[C@@H]3C2)o1. The second-order valence-electron chi connectivity index (χ2n) is 6.16. The Hall–Kier alpha value is -0.890. The first-order valence-electron chi connectivity index (χ1n) is 7.23. The van der Waals surface area contributed by atoms with Gasteiger partial charge in [0.15, 0.2) is 0 Å². The standard InChI is InChI=1S/C14H22N2O4S/c1-10-3-4-12(20-10)6-16-5-11-8-19-9-14(13(11)7-16)15-21(2,17)18/h3-4,11,13-15H,5-9H2,1-2H3/t11-,13-,14-/m1/s1. The molecule has 0 aromatic carbocycles. The molecule has 118 valence electrons. The molecule has 2 aliphatic rings. The van der Waals surface area contributed by atoms with Gasteiger partial charge < -0.3 is 9.15 Å². The fraction of sp³-hybridized carbons (Fsp3) is 0.714. The first kappa shape index (κ1) is 15.0. The number of likely N-dealkylation sites (tertiary alicyclic amines) is 1. The summed E-state index contributed by atoms with van der Waals surface area (Å²) >= 11 is 0. The van der Waals surface area contributed by atoms with Gasteiger partial charge >= 0.3 is 0 Å². The molecule has 6 nitrogen and oxygen atoms in total. The van der Waals surface area contributed by atoms with Crippen LogP contribution in [0.1, 0.15) is 11.5 Å². The number of rotatable bonds is 4. The second-order valence-corrected chi connectivity index (χ2v) is 7.94. The van der Waals surface area contributed by atoms with E-state index in [9.17, 15) is 8.42 Å². The molecule has 0 unspecified atom stereocenters. The maximum atomic E-state index is 11.5. The third kappa shape index (κ3) is 3.66. The predicted octanol–water partition coefficient (Wildman–Crippen LogP) is 0.584. The van der Waals surface area contributed by atoms with Crippen molar-refractivity contribution in [3.8, 4) is 0 Å². The smallest absolute Gasteiger partial charge is 0.209 e. The lowest BCUT2D eigenvalue weighted by atomic mass is 9.88. The van der Waals surface area contributed by atoms with Gasteiger partial charge in [-0.1, -0.05) is 0 Å². The molecular weight excluding hydrogens is 292 g/mol. The van der Waals surface area contributed by atoms with Gasteiger partial charge in [0.05, 0.1) is 26.0 Å². The van der Waals surface area contributed by atoms with E-state index >= 15 is 0 Å². The summed E-state index contributed by atoms with van der Waals surface area (Å²) in [5.41, 5.74) is 0. The van der Waals surface area contributed by atoms with Crippen LogP contribution in [0.15, 0.2) is 16.5 Å². The minimum Gasteiger partial charge on any atom is -0.465 e. The van der Waals surface area contributed by atoms with Gasteiger partial charge in [0, 0.05) is 25.0 Å². The highest BCUT2D eigenvalue weighted by molar-refractivity contribution is 7.88. The molecule has 3 atom stereocenters. The summed E-state index contributed by atoms with van der Waals surface area (Å²) in [7, 11) is -3.20. The van der Waals surface area contributed by atoms with Crippen LogP contribution >= 0.6 is 0 Å². The van der Waals surface area contributed by atoms with Crippen molar-refractivity contribution in [1.29, 1.82) is 0 Å². The molecule has 1 N–H and O–H groups in total. The Morgan fingerprint density at radius 3 is 2.81 bits per heavy atom. The average molecular weight is 314 g/mol. The van der Waals surface area contributed by atoms with Crippen molar-refractivity contribution in [1.82, 2.24) is 9.62 Å². The Labute approximate surface area is 125 Å². The summed E-state index contributed by atoms with van der Waals surface area (Å²) in [6.45, 7) is 5.68. The number of nitrogens with zero attached hydrogens (tertiary/aromatic N) is 1. The minimum absolute atomic E-state index is 0.123. The van der Waals surface area contributed by atoms with Crippen molar-refractivity contribution >= 4 is 10.0 Å². The molecule has 3 rings (SSSR count). The fourth-order valence-electron chi connectivity index (χ4n) is 3.41. The summed E-state index contributed by atoms with van der Waals surface area (Å²) in [5, 5.41) is 0. The maximum Gasteiger partial charge on any atom is 0.209 e. The van der Waals surface area contributed by atoms with Crippen LogP contribution in [0.2, 0.25) is 0 Å². The van der Waals surface area contributed by atoms with Crippen molar-refractivity contribution in [3.05, 3.63) is 23.7 Å². The molecular formula is C14H22N2O4S. The molecule has 2 fully saturated rings. The van der Waals surface area contributed by atoms with Crippen molar-refractivity contribution in [2.24, 2.45) is 11.8 Å². The molecule has 1 aromatic heterocycles. The Bertz CT molecular complexity index is 598. The first-order valence-corrected chi connectivity index (χ1v) is 9.12. The number of fused-ring (bicyclic) bond motifs is 1. The number of ether oxygens (including phenoxy) is 1. The highest BCUT2D eigenvalue weighted by atomic mass is 32.2. The van der Waals surface area contributed by atoms with Gasteiger partial charge in [0.2, 0.25) is 10.0 Å². The molecule has 0 aliphatic carbocycles. The topological polar surface area (TPSA) is 71.8 Å². The lowest BCUT2D eigenvalue weighted by Gasteiger charge is -2.32. The minimum atomic E-state index is -3.20. The van der Waals surface area contributed by atoms with Crippen LogP contribution in [0.3, 0.4) is 0 Å². The van der Waals surface area contributed by atoms with E-state index in [1.165, 1.54) is 6.26 Å². The average Bonchev–Trinajstić information content (AvgIpc) is 2.94. The van der Waals surface area contributed by atoms with Crippen molar-refractivity contribution in [2.45, 2.75) is 19.5 Å². The van der Waals surface area contributed by atoms with Crippen molar-refractivity contribution in [2.75, 3.05) is 32.6 Å². The van der Waals surface area contributed by atoms with Crippen LogP contribution in [-0.2, 0) is 21.3 Å². The van der Waals surface area contributed by atoms with E-state index in [1.807, 2.05) is 19.1 Å². The molecule has 2 saturated heterocycles. The number of hydrogen-bond acceptors (Lipinski definition) is 5. The number of sulfonamides is 1. The van der Waals surface area contributed by atoms with Crippen LogP contribution in [0.25, 0.3) is 0 Å². The summed E-state index contributed by atoms with van der Waals surface area (Å²) in [6, 6.07) is 3.84. The summed E-state index contributed by atoms with van der Waals surface area (Å²) < 4.78 is 36.8. The van der Waals surface area contributed by atoms with Gasteiger partial charge in [-0.2, -0.15) is 0 Å². The van der Waals surface area contributed by atoms with E-state index in [4.69, 9.17) is 9.15 Å². The molecule has 7 heteroatoms. The van der Waals surface area contributed by atoms with Crippen LogP contribution in [0.5, 0.6) is 0 Å². The molecule has 0 radical (unpaired) electrons. The zero-order chi connectivity index (χ0) is 15.0. The molecule has 1 aromatic rings. The van der Waals surface area contributed by atoms with Gasteiger partial charge in [0.25, 0.3) is 0 Å². The van der Waals surface area contributed by atoms with E-state index < -0.39 is 10.0 Å². The Morgan fingerprint density at radius 1 is 1.33 bits per heavy atom. The van der Waals surface area contributed by atoms with Gasteiger partial charge in [-0.25, -0.2) is 13.1 Å².